The summed E-state index contributed by atoms with van der Waals surface area (Å²) < 4.78 is 1.86. The topological polar surface area (TPSA) is 66.3 Å². The molecular formula is C18H26N6O. The van der Waals surface area contributed by atoms with Gasteiger partial charge in [-0.2, -0.15) is 5.10 Å². The predicted octanol–water partition coefficient (Wildman–Crippen LogP) is 2.32. The fraction of sp³-hybridized carbons (Fsp3) is 0.500. The Morgan fingerprint density at radius 1 is 1.32 bits per heavy atom. The third-order valence-corrected chi connectivity index (χ3v) is 4.69. The number of hydrogen-bond donors (Lipinski definition) is 1. The van der Waals surface area contributed by atoms with Gasteiger partial charge in [-0.25, -0.2) is 9.78 Å². The van der Waals surface area contributed by atoms with Crippen molar-refractivity contribution < 1.29 is 4.79 Å². The number of nitrogens with one attached hydrogen (secondary N) is 1. The van der Waals surface area contributed by atoms with E-state index in [1.54, 1.807) is 12.4 Å². The summed E-state index contributed by atoms with van der Waals surface area (Å²) in [5.41, 5.74) is 2.10. The smallest absolute Gasteiger partial charge is 0.318 e. The molecule has 2 aromatic rings. The van der Waals surface area contributed by atoms with Crippen molar-refractivity contribution in [3.8, 4) is 0 Å². The first-order chi connectivity index (χ1) is 12.1. The number of aryl methyl sites for hydroxylation is 1. The molecule has 0 aliphatic carbocycles. The number of aromatic nitrogens is 3. The lowest BCUT2D eigenvalue weighted by Crippen LogP contribution is -2.45. The maximum atomic E-state index is 12.8. The van der Waals surface area contributed by atoms with E-state index in [1.165, 1.54) is 0 Å². The summed E-state index contributed by atoms with van der Waals surface area (Å²) >= 11 is 0. The van der Waals surface area contributed by atoms with E-state index in [1.807, 2.05) is 53.8 Å². The van der Waals surface area contributed by atoms with Crippen LogP contribution in [-0.2, 0) is 13.6 Å². The van der Waals surface area contributed by atoms with Crippen LogP contribution in [0.5, 0.6) is 0 Å². The first kappa shape index (κ1) is 17.3. The molecule has 7 heteroatoms. The van der Waals surface area contributed by atoms with Gasteiger partial charge in [0.15, 0.2) is 0 Å². The Kier molecular flexibility index (Phi) is 5.21. The van der Waals surface area contributed by atoms with E-state index in [0.29, 0.717) is 6.54 Å². The summed E-state index contributed by atoms with van der Waals surface area (Å²) in [5.74, 6) is 0.879. The number of pyridine rings is 1. The highest BCUT2D eigenvalue weighted by Crippen LogP contribution is 2.30. The molecule has 0 radical (unpaired) electrons. The van der Waals surface area contributed by atoms with Gasteiger partial charge in [0.25, 0.3) is 0 Å². The maximum Gasteiger partial charge on any atom is 0.318 e. The summed E-state index contributed by atoms with van der Waals surface area (Å²) in [5, 5.41) is 7.32. The minimum absolute atomic E-state index is 0.0283. The Hall–Kier alpha value is -2.57. The molecule has 1 saturated heterocycles. The number of hydrogen-bond acceptors (Lipinski definition) is 4. The Morgan fingerprint density at radius 3 is 2.88 bits per heavy atom. The van der Waals surface area contributed by atoms with Crippen molar-refractivity contribution in [2.24, 2.45) is 7.05 Å². The van der Waals surface area contributed by atoms with Gasteiger partial charge in [-0.15, -0.1) is 0 Å². The van der Waals surface area contributed by atoms with Crippen LogP contribution in [0.1, 0.15) is 36.6 Å². The summed E-state index contributed by atoms with van der Waals surface area (Å²) in [4.78, 5) is 21.1. The third-order valence-electron chi connectivity index (χ3n) is 4.69. The van der Waals surface area contributed by atoms with Crippen molar-refractivity contribution in [3.63, 3.8) is 0 Å². The van der Waals surface area contributed by atoms with Gasteiger partial charge in [0.2, 0.25) is 0 Å². The highest BCUT2D eigenvalue weighted by Gasteiger charge is 2.29. The maximum absolute atomic E-state index is 12.8. The van der Waals surface area contributed by atoms with Crippen LogP contribution >= 0.6 is 0 Å². The summed E-state index contributed by atoms with van der Waals surface area (Å²) in [6.07, 6.45) is 6.70. The number of piperidine rings is 1. The fourth-order valence-corrected chi connectivity index (χ4v) is 3.44. The van der Waals surface area contributed by atoms with E-state index in [9.17, 15) is 4.79 Å². The molecule has 3 rings (SSSR count). The minimum Gasteiger partial charge on any atom is -0.362 e. The molecule has 2 amide bonds. The van der Waals surface area contributed by atoms with Crippen LogP contribution in [0.3, 0.4) is 0 Å². The zero-order valence-electron chi connectivity index (χ0n) is 15.1. The van der Waals surface area contributed by atoms with Crippen molar-refractivity contribution >= 4 is 11.8 Å². The molecule has 0 spiro atoms. The van der Waals surface area contributed by atoms with Crippen LogP contribution < -0.4 is 10.2 Å². The van der Waals surface area contributed by atoms with Crippen molar-refractivity contribution in [2.75, 3.05) is 25.5 Å². The molecule has 0 aromatic carbocycles. The van der Waals surface area contributed by atoms with Crippen molar-refractivity contribution in [2.45, 2.75) is 31.8 Å². The summed E-state index contributed by atoms with van der Waals surface area (Å²) in [7, 11) is 5.84. The molecule has 1 fully saturated rings. The van der Waals surface area contributed by atoms with Crippen LogP contribution in [0.15, 0.2) is 30.6 Å². The minimum atomic E-state index is -0.0283. The van der Waals surface area contributed by atoms with Gasteiger partial charge >= 0.3 is 6.03 Å². The number of likely N-dealkylation sites (tertiary alicyclic amines) is 1. The first-order valence-electron chi connectivity index (χ1n) is 8.71. The lowest BCUT2D eigenvalue weighted by Gasteiger charge is -2.35. The van der Waals surface area contributed by atoms with Gasteiger partial charge in [0.05, 0.1) is 11.7 Å². The number of anilines is 1. The van der Waals surface area contributed by atoms with E-state index < -0.39 is 0 Å². The van der Waals surface area contributed by atoms with Gasteiger partial charge < -0.3 is 15.1 Å². The van der Waals surface area contributed by atoms with Gasteiger partial charge in [0, 0.05) is 52.2 Å². The summed E-state index contributed by atoms with van der Waals surface area (Å²) in [6.45, 7) is 1.24. The fourth-order valence-electron chi connectivity index (χ4n) is 3.44. The number of urea groups is 1. The quantitative estimate of drug-likeness (QED) is 0.926. The lowest BCUT2D eigenvalue weighted by molar-refractivity contribution is 0.147. The average Bonchev–Trinajstić information content (AvgIpc) is 3.05. The van der Waals surface area contributed by atoms with Gasteiger partial charge in [0.1, 0.15) is 5.82 Å². The number of carbonyl (C=O) groups is 1. The zero-order chi connectivity index (χ0) is 17.8. The number of nitrogens with zero attached hydrogens (tertiary/aromatic N) is 5. The zero-order valence-corrected chi connectivity index (χ0v) is 15.1. The molecule has 7 nitrogen and oxygen atoms in total. The van der Waals surface area contributed by atoms with Crippen molar-refractivity contribution in [3.05, 3.63) is 41.9 Å². The number of carbonyl (C=O) groups excluding carboxylic acids is 1. The summed E-state index contributed by atoms with van der Waals surface area (Å²) in [6, 6.07) is 5.95. The van der Waals surface area contributed by atoms with Gasteiger partial charge in [-0.3, -0.25) is 4.68 Å². The normalized spacial score (nSPS) is 17.4. The van der Waals surface area contributed by atoms with E-state index in [0.717, 1.165) is 42.9 Å². The standard InChI is InChI=1S/C18H26N6O/c1-22(2)17-14(7-6-10-19-17)13-20-18(25)24-12-5-4-8-16(24)15-9-11-21-23(15)3/h6-7,9-11,16H,4-5,8,12-13H2,1-3H3,(H,20,25). The second-order valence-electron chi connectivity index (χ2n) is 6.62. The van der Waals surface area contributed by atoms with Crippen LogP contribution in [0.4, 0.5) is 10.6 Å². The molecule has 134 valence electrons. The van der Waals surface area contributed by atoms with Gasteiger partial charge in [-0.05, 0) is 31.4 Å². The Bertz CT molecular complexity index is 726. The molecule has 3 heterocycles. The Morgan fingerprint density at radius 2 is 2.16 bits per heavy atom. The SMILES string of the molecule is CN(C)c1ncccc1CNC(=O)N1CCCCC1c1ccnn1C. The Balaban J connectivity index is 1.71. The highest BCUT2D eigenvalue weighted by atomic mass is 16.2. The molecule has 1 N–H and O–H groups in total. The van der Waals surface area contributed by atoms with Crippen LogP contribution in [0.2, 0.25) is 0 Å². The molecule has 25 heavy (non-hydrogen) atoms. The Labute approximate surface area is 148 Å². The van der Waals surface area contributed by atoms with Crippen LogP contribution in [0, 0.1) is 0 Å². The predicted molar refractivity (Wildman–Crippen MR) is 97.3 cm³/mol. The number of amides is 2. The molecule has 1 aliphatic rings. The van der Waals surface area contributed by atoms with Crippen molar-refractivity contribution in [1.82, 2.24) is 25.0 Å². The monoisotopic (exact) mass is 342 g/mol. The molecule has 2 aromatic heterocycles. The second kappa shape index (κ2) is 7.55. The molecule has 1 atom stereocenters. The average molecular weight is 342 g/mol. The van der Waals surface area contributed by atoms with E-state index in [2.05, 4.69) is 15.4 Å². The third kappa shape index (κ3) is 3.75. The van der Waals surface area contributed by atoms with E-state index in [-0.39, 0.29) is 12.1 Å². The molecular weight excluding hydrogens is 316 g/mol. The van der Waals surface area contributed by atoms with Crippen molar-refractivity contribution in [1.29, 1.82) is 0 Å². The molecule has 0 saturated carbocycles. The van der Waals surface area contributed by atoms with E-state index >= 15 is 0 Å². The highest BCUT2D eigenvalue weighted by molar-refractivity contribution is 5.75. The molecule has 0 bridgehead atoms. The largest absolute Gasteiger partial charge is 0.362 e. The number of rotatable bonds is 4. The van der Waals surface area contributed by atoms with Crippen LogP contribution in [0.25, 0.3) is 0 Å². The first-order valence-corrected chi connectivity index (χ1v) is 8.71. The lowest BCUT2D eigenvalue weighted by atomic mass is 9.99. The molecule has 1 aliphatic heterocycles. The van der Waals surface area contributed by atoms with E-state index in [4.69, 9.17) is 0 Å². The van der Waals surface area contributed by atoms with Gasteiger partial charge in [-0.1, -0.05) is 6.07 Å². The molecule has 1 unspecified atom stereocenters. The van der Waals surface area contributed by atoms with Crippen LogP contribution in [-0.4, -0.2) is 46.3 Å². The second-order valence-corrected chi connectivity index (χ2v) is 6.62.